The first-order valence-corrected chi connectivity index (χ1v) is 10.1. The van der Waals surface area contributed by atoms with E-state index in [0.717, 1.165) is 16.3 Å². The van der Waals surface area contributed by atoms with Crippen LogP contribution in [0.3, 0.4) is 0 Å². The van der Waals surface area contributed by atoms with Gasteiger partial charge in [-0.3, -0.25) is 0 Å². The van der Waals surface area contributed by atoms with E-state index in [1.165, 1.54) is 5.56 Å². The zero-order valence-electron chi connectivity index (χ0n) is 14.7. The minimum atomic E-state index is -1.67. The lowest BCUT2D eigenvalue weighted by atomic mass is 9.90. The summed E-state index contributed by atoms with van der Waals surface area (Å²) in [5.74, 6) is 0.696. The number of rotatable bonds is 3. The number of hydrogen-bond donors (Lipinski definition) is 0. The van der Waals surface area contributed by atoms with Crippen LogP contribution in [0.25, 0.3) is 0 Å². The van der Waals surface area contributed by atoms with Crippen molar-refractivity contribution in [2.24, 2.45) is 0 Å². The molecule has 0 radical (unpaired) electrons. The Bertz CT molecular complexity index is 447. The molecule has 0 saturated carbocycles. The van der Waals surface area contributed by atoms with E-state index >= 15 is 0 Å². The molecule has 0 heterocycles. The molecule has 0 aliphatic rings. The van der Waals surface area contributed by atoms with Gasteiger partial charge in [0.2, 0.25) is 0 Å². The molecule has 0 saturated heterocycles. The Kier molecular flexibility index (Phi) is 3.37. The highest BCUT2D eigenvalue weighted by atomic mass is 28.3. The topological polar surface area (TPSA) is 0 Å². The van der Waals surface area contributed by atoms with Crippen LogP contribution in [0.4, 0.5) is 0 Å². The minimum Gasteiger partial charge on any atom is -0.0656 e. The van der Waals surface area contributed by atoms with Crippen LogP contribution in [0.5, 0.6) is 0 Å². The molecule has 0 amide bonds. The zero-order chi connectivity index (χ0) is 15.1. The summed E-state index contributed by atoms with van der Waals surface area (Å²) in [5, 5.41) is 1.03. The molecule has 1 aromatic carbocycles. The normalized spacial score (nSPS) is 14.2. The van der Waals surface area contributed by atoms with Crippen LogP contribution in [0.15, 0.2) is 12.1 Å². The molecule has 0 aromatic heterocycles. The quantitative estimate of drug-likeness (QED) is 0.677. The standard InChI is InChI=1S/C16H28Si/c1-11(2)15-9-14(17(6,7)8)10-16(12(3)4)13(15)5/h9-12H,1-8H3/i9D,10D. The summed E-state index contributed by atoms with van der Waals surface area (Å²) < 4.78 is 17.1. The molecular formula is C16H28Si. The van der Waals surface area contributed by atoms with Crippen molar-refractivity contribution in [2.75, 3.05) is 0 Å². The third-order valence-electron chi connectivity index (χ3n) is 3.23. The molecule has 0 spiro atoms. The van der Waals surface area contributed by atoms with Crippen LogP contribution in [-0.4, -0.2) is 8.07 Å². The maximum absolute atomic E-state index is 8.57. The average Bonchev–Trinajstić information content (AvgIpc) is 2.12. The van der Waals surface area contributed by atoms with E-state index in [0.29, 0.717) is 23.9 Å². The molecule has 0 nitrogen and oxygen atoms in total. The van der Waals surface area contributed by atoms with E-state index in [1.54, 1.807) is 0 Å². The van der Waals surface area contributed by atoms with Gasteiger partial charge in [0.1, 0.15) is 0 Å². The Morgan fingerprint density at radius 3 is 1.53 bits per heavy atom. The summed E-state index contributed by atoms with van der Waals surface area (Å²) in [4.78, 5) is 0. The van der Waals surface area contributed by atoms with Gasteiger partial charge >= 0.3 is 0 Å². The lowest BCUT2D eigenvalue weighted by Gasteiger charge is -2.24. The highest BCUT2D eigenvalue weighted by Crippen LogP contribution is 2.27. The van der Waals surface area contributed by atoms with Gasteiger partial charge < -0.3 is 0 Å². The predicted octanol–water partition coefficient (Wildman–Crippen LogP) is 4.79. The van der Waals surface area contributed by atoms with E-state index in [9.17, 15) is 0 Å². The van der Waals surface area contributed by atoms with Crippen LogP contribution in [0, 0.1) is 6.92 Å². The van der Waals surface area contributed by atoms with Gasteiger partial charge in [0, 0.05) is 0 Å². The van der Waals surface area contributed by atoms with Crippen molar-refractivity contribution in [3.8, 4) is 0 Å². The van der Waals surface area contributed by atoms with Crippen molar-refractivity contribution in [1.82, 2.24) is 0 Å². The van der Waals surface area contributed by atoms with Crippen molar-refractivity contribution in [3.63, 3.8) is 0 Å². The van der Waals surface area contributed by atoms with Crippen LogP contribution in [-0.2, 0) is 0 Å². The Morgan fingerprint density at radius 2 is 1.29 bits per heavy atom. The highest BCUT2D eigenvalue weighted by Gasteiger charge is 2.20. The summed E-state index contributed by atoms with van der Waals surface area (Å²) in [7, 11) is -1.67. The lowest BCUT2D eigenvalue weighted by Crippen LogP contribution is -2.38. The van der Waals surface area contributed by atoms with Gasteiger partial charge in [-0.1, -0.05) is 64.6 Å². The fourth-order valence-corrected chi connectivity index (χ4v) is 3.18. The summed E-state index contributed by atoms with van der Waals surface area (Å²) in [5.41, 5.74) is 3.47. The maximum Gasteiger partial charge on any atom is 0.0776 e. The van der Waals surface area contributed by atoms with Crippen LogP contribution >= 0.6 is 0 Å². The summed E-state index contributed by atoms with van der Waals surface area (Å²) in [6, 6.07) is 1.28. The SMILES string of the molecule is [2H]c1c(C(C)C)c(C)c(C(C)C)c([2H])c1[Si](C)(C)C. The van der Waals surface area contributed by atoms with E-state index in [4.69, 9.17) is 2.74 Å². The first kappa shape index (κ1) is 11.5. The van der Waals surface area contributed by atoms with E-state index in [-0.39, 0.29) is 0 Å². The van der Waals surface area contributed by atoms with Crippen molar-refractivity contribution in [1.29, 1.82) is 0 Å². The fraction of sp³-hybridized carbons (Fsp3) is 0.625. The van der Waals surface area contributed by atoms with Gasteiger partial charge in [-0.25, -0.2) is 0 Å². The molecule has 0 fully saturated rings. The monoisotopic (exact) mass is 250 g/mol. The van der Waals surface area contributed by atoms with Gasteiger partial charge in [-0.15, -0.1) is 0 Å². The Balaban J connectivity index is 3.86. The third-order valence-corrected chi connectivity index (χ3v) is 4.98. The first-order valence-electron chi connectivity index (χ1n) is 7.64. The second-order valence-corrected chi connectivity index (χ2v) is 11.6. The molecule has 0 atom stereocenters. The van der Waals surface area contributed by atoms with Gasteiger partial charge in [0.15, 0.2) is 0 Å². The number of benzene rings is 1. The van der Waals surface area contributed by atoms with Gasteiger partial charge in [-0.2, -0.15) is 0 Å². The summed E-state index contributed by atoms with van der Waals surface area (Å²) >= 11 is 0. The first-order chi connectivity index (χ1) is 8.50. The molecule has 1 heteroatoms. The van der Waals surface area contributed by atoms with Crippen LogP contribution in [0.1, 0.15) is 59.0 Å². The van der Waals surface area contributed by atoms with Crippen LogP contribution in [0.2, 0.25) is 19.6 Å². The molecule has 0 aliphatic heterocycles. The van der Waals surface area contributed by atoms with Crippen molar-refractivity contribution < 1.29 is 2.74 Å². The molecule has 0 aliphatic carbocycles. The Morgan fingerprint density at radius 1 is 0.941 bits per heavy atom. The largest absolute Gasteiger partial charge is 0.0776 e. The molecule has 0 bridgehead atoms. The molecular weight excluding hydrogens is 220 g/mol. The fourth-order valence-electron chi connectivity index (χ4n) is 2.16. The van der Waals surface area contributed by atoms with Crippen molar-refractivity contribution in [3.05, 3.63) is 28.8 Å². The van der Waals surface area contributed by atoms with Crippen molar-refractivity contribution >= 4 is 13.3 Å². The molecule has 0 N–H and O–H groups in total. The second-order valence-electron chi connectivity index (χ2n) is 6.64. The maximum atomic E-state index is 8.57. The minimum absolute atomic E-state index is 0.348. The zero-order valence-corrected chi connectivity index (χ0v) is 13.7. The molecule has 96 valence electrons. The molecule has 1 rings (SSSR count). The summed E-state index contributed by atoms with van der Waals surface area (Å²) in [6.45, 7) is 17.4. The third kappa shape index (κ3) is 3.22. The lowest BCUT2D eigenvalue weighted by molar-refractivity contribution is 0.819. The van der Waals surface area contributed by atoms with Gasteiger partial charge in [-0.05, 0) is 35.4 Å². The summed E-state index contributed by atoms with van der Waals surface area (Å²) in [6.07, 6.45) is 0. The molecule has 1 aromatic rings. The smallest absolute Gasteiger partial charge is 0.0656 e. The Hall–Kier alpha value is -0.563. The van der Waals surface area contributed by atoms with Gasteiger partial charge in [0.25, 0.3) is 0 Å². The van der Waals surface area contributed by atoms with E-state index in [1.807, 2.05) is 0 Å². The van der Waals surface area contributed by atoms with Crippen LogP contribution < -0.4 is 5.19 Å². The average molecular weight is 250 g/mol. The molecule has 17 heavy (non-hydrogen) atoms. The van der Waals surface area contributed by atoms with Crippen molar-refractivity contribution in [2.45, 2.75) is 66.1 Å². The predicted molar refractivity (Wildman–Crippen MR) is 82.3 cm³/mol. The van der Waals surface area contributed by atoms with Gasteiger partial charge in [0.05, 0.1) is 10.8 Å². The Labute approximate surface area is 111 Å². The second kappa shape index (κ2) is 4.97. The van der Waals surface area contributed by atoms with E-state index in [2.05, 4.69) is 54.3 Å². The molecule has 0 unspecified atom stereocenters. The number of hydrogen-bond acceptors (Lipinski definition) is 0. The van der Waals surface area contributed by atoms with E-state index < -0.39 is 8.07 Å². The highest BCUT2D eigenvalue weighted by molar-refractivity contribution is 6.88.